The van der Waals surface area contributed by atoms with Crippen LogP contribution in [0.3, 0.4) is 0 Å². The number of nitrogens with zero attached hydrogens (tertiary/aromatic N) is 2. The van der Waals surface area contributed by atoms with E-state index < -0.39 is 5.60 Å². The van der Waals surface area contributed by atoms with E-state index in [0.717, 1.165) is 38.2 Å². The Hall–Kier alpha value is -1.62. The molecule has 116 valence electrons. The van der Waals surface area contributed by atoms with Crippen molar-refractivity contribution in [1.82, 2.24) is 15.2 Å². The molecule has 1 fully saturated rings. The Morgan fingerprint density at radius 2 is 2.29 bits per heavy atom. The Morgan fingerprint density at radius 3 is 2.95 bits per heavy atom. The van der Waals surface area contributed by atoms with E-state index >= 15 is 0 Å². The minimum Gasteiger partial charge on any atom is -0.444 e. The Bertz CT molecular complexity index is 456. The number of rotatable bonds is 4. The first-order valence-corrected chi connectivity index (χ1v) is 7.55. The van der Waals surface area contributed by atoms with Crippen LogP contribution in [0.2, 0.25) is 0 Å². The van der Waals surface area contributed by atoms with Gasteiger partial charge < -0.3 is 15.0 Å². The zero-order valence-corrected chi connectivity index (χ0v) is 13.1. The maximum atomic E-state index is 12.0. The molecule has 0 radical (unpaired) electrons. The third kappa shape index (κ3) is 5.34. The average molecular weight is 291 g/mol. The summed E-state index contributed by atoms with van der Waals surface area (Å²) in [7, 11) is 0. The fourth-order valence-corrected chi connectivity index (χ4v) is 2.37. The monoisotopic (exact) mass is 291 g/mol. The van der Waals surface area contributed by atoms with Crippen molar-refractivity contribution in [3.05, 3.63) is 30.1 Å². The summed E-state index contributed by atoms with van der Waals surface area (Å²) in [5.74, 6) is 0. The molecule has 0 aromatic carbocycles. The lowest BCUT2D eigenvalue weighted by Crippen LogP contribution is -2.38. The molecule has 0 spiro atoms. The number of hydrogen-bond acceptors (Lipinski definition) is 4. The molecule has 1 N–H and O–H groups in total. The van der Waals surface area contributed by atoms with E-state index in [2.05, 4.69) is 10.3 Å². The quantitative estimate of drug-likeness (QED) is 0.924. The van der Waals surface area contributed by atoms with E-state index in [1.807, 2.05) is 45.2 Å². The Balaban J connectivity index is 1.69. The zero-order valence-electron chi connectivity index (χ0n) is 13.1. The van der Waals surface area contributed by atoms with Crippen LogP contribution in [0.1, 0.15) is 32.9 Å². The minimum atomic E-state index is -0.429. The first-order valence-electron chi connectivity index (χ1n) is 7.55. The molecule has 2 heterocycles. The van der Waals surface area contributed by atoms with Crippen LogP contribution in [-0.2, 0) is 11.2 Å². The van der Waals surface area contributed by atoms with Gasteiger partial charge in [-0.2, -0.15) is 0 Å². The van der Waals surface area contributed by atoms with E-state index in [9.17, 15) is 4.79 Å². The highest BCUT2D eigenvalue weighted by atomic mass is 16.6. The van der Waals surface area contributed by atoms with E-state index in [1.54, 1.807) is 4.90 Å². The SMILES string of the molecule is CC(C)(C)OC(=O)N1CC[C@H](NCCc2ccccn2)C1. The summed E-state index contributed by atoms with van der Waals surface area (Å²) in [4.78, 5) is 18.1. The van der Waals surface area contributed by atoms with Gasteiger partial charge >= 0.3 is 6.09 Å². The minimum absolute atomic E-state index is 0.212. The molecule has 1 aliphatic heterocycles. The standard InChI is InChI=1S/C16H25N3O2/c1-16(2,3)21-15(20)19-11-8-14(12-19)18-10-7-13-6-4-5-9-17-13/h4-6,9,14,18H,7-8,10-12H2,1-3H3/t14-/m0/s1. The maximum absolute atomic E-state index is 12.0. The number of carbonyl (C=O) groups is 1. The van der Waals surface area contributed by atoms with E-state index in [1.165, 1.54) is 0 Å². The summed E-state index contributed by atoms with van der Waals surface area (Å²) in [6.45, 7) is 8.04. The van der Waals surface area contributed by atoms with Crippen molar-refractivity contribution < 1.29 is 9.53 Å². The van der Waals surface area contributed by atoms with Crippen molar-refractivity contribution in [2.45, 2.75) is 45.3 Å². The number of likely N-dealkylation sites (tertiary alicyclic amines) is 1. The predicted octanol–water partition coefficient (Wildman–Crippen LogP) is 2.22. The number of carbonyl (C=O) groups excluding carboxylic acids is 1. The van der Waals surface area contributed by atoms with Gasteiger partial charge in [0, 0.05) is 44.0 Å². The van der Waals surface area contributed by atoms with Crippen LogP contribution in [-0.4, -0.2) is 47.3 Å². The first-order chi connectivity index (χ1) is 9.94. The average Bonchev–Trinajstić information content (AvgIpc) is 2.87. The van der Waals surface area contributed by atoms with Crippen LogP contribution >= 0.6 is 0 Å². The molecule has 1 aromatic rings. The van der Waals surface area contributed by atoms with Gasteiger partial charge in [0.2, 0.25) is 0 Å². The molecule has 1 aromatic heterocycles. The van der Waals surface area contributed by atoms with E-state index in [0.29, 0.717) is 6.04 Å². The van der Waals surface area contributed by atoms with Gasteiger partial charge in [-0.1, -0.05) is 6.07 Å². The molecule has 1 amide bonds. The molecule has 5 nitrogen and oxygen atoms in total. The van der Waals surface area contributed by atoms with Gasteiger partial charge in [0.1, 0.15) is 5.60 Å². The number of nitrogens with one attached hydrogen (secondary N) is 1. The molecule has 1 saturated heterocycles. The maximum Gasteiger partial charge on any atom is 0.410 e. The molecule has 2 rings (SSSR count). The highest BCUT2D eigenvalue weighted by molar-refractivity contribution is 5.68. The van der Waals surface area contributed by atoms with Crippen LogP contribution in [0.5, 0.6) is 0 Å². The van der Waals surface area contributed by atoms with Crippen molar-refractivity contribution in [1.29, 1.82) is 0 Å². The molecule has 1 atom stereocenters. The third-order valence-corrected chi connectivity index (χ3v) is 3.38. The topological polar surface area (TPSA) is 54.5 Å². The summed E-state index contributed by atoms with van der Waals surface area (Å²) in [5.41, 5.74) is 0.661. The van der Waals surface area contributed by atoms with Crippen LogP contribution in [0.4, 0.5) is 4.79 Å². The van der Waals surface area contributed by atoms with Crippen LogP contribution in [0.15, 0.2) is 24.4 Å². The fraction of sp³-hybridized carbons (Fsp3) is 0.625. The van der Waals surface area contributed by atoms with Gasteiger partial charge in [-0.15, -0.1) is 0 Å². The third-order valence-electron chi connectivity index (χ3n) is 3.38. The van der Waals surface area contributed by atoms with Gasteiger partial charge in [0.25, 0.3) is 0 Å². The summed E-state index contributed by atoms with van der Waals surface area (Å²) < 4.78 is 5.39. The number of amides is 1. The molecular weight excluding hydrogens is 266 g/mol. The van der Waals surface area contributed by atoms with Crippen molar-refractivity contribution in [2.24, 2.45) is 0 Å². The lowest BCUT2D eigenvalue weighted by Gasteiger charge is -2.24. The summed E-state index contributed by atoms with van der Waals surface area (Å²) in [6, 6.07) is 6.30. The van der Waals surface area contributed by atoms with Gasteiger partial charge in [-0.05, 0) is 39.3 Å². The second-order valence-corrected chi connectivity index (χ2v) is 6.44. The smallest absolute Gasteiger partial charge is 0.410 e. The lowest BCUT2D eigenvalue weighted by molar-refractivity contribution is 0.0291. The Labute approximate surface area is 126 Å². The predicted molar refractivity (Wildman–Crippen MR) is 82.2 cm³/mol. The highest BCUT2D eigenvalue weighted by Crippen LogP contribution is 2.15. The number of hydrogen-bond donors (Lipinski definition) is 1. The van der Waals surface area contributed by atoms with E-state index in [4.69, 9.17) is 4.74 Å². The number of pyridine rings is 1. The van der Waals surface area contributed by atoms with Crippen molar-refractivity contribution in [3.8, 4) is 0 Å². The second kappa shape index (κ2) is 6.89. The second-order valence-electron chi connectivity index (χ2n) is 6.44. The van der Waals surface area contributed by atoms with Crippen molar-refractivity contribution in [2.75, 3.05) is 19.6 Å². The van der Waals surface area contributed by atoms with E-state index in [-0.39, 0.29) is 6.09 Å². The molecular formula is C16H25N3O2. The zero-order chi connectivity index (χ0) is 15.3. The normalized spacial score (nSPS) is 18.8. The summed E-state index contributed by atoms with van der Waals surface area (Å²) >= 11 is 0. The molecule has 21 heavy (non-hydrogen) atoms. The Morgan fingerprint density at radius 1 is 1.48 bits per heavy atom. The first kappa shape index (κ1) is 15.8. The molecule has 1 aliphatic rings. The van der Waals surface area contributed by atoms with Crippen molar-refractivity contribution >= 4 is 6.09 Å². The Kier molecular flexibility index (Phi) is 5.17. The molecule has 0 unspecified atom stereocenters. The molecule has 0 aliphatic carbocycles. The molecule has 0 bridgehead atoms. The lowest BCUT2D eigenvalue weighted by atomic mass is 10.2. The molecule has 5 heteroatoms. The largest absolute Gasteiger partial charge is 0.444 e. The van der Waals surface area contributed by atoms with Crippen molar-refractivity contribution in [3.63, 3.8) is 0 Å². The fourth-order valence-electron chi connectivity index (χ4n) is 2.37. The number of aromatic nitrogens is 1. The summed E-state index contributed by atoms with van der Waals surface area (Å²) in [6.07, 6.45) is 3.48. The van der Waals surface area contributed by atoms with Gasteiger partial charge in [0.15, 0.2) is 0 Å². The van der Waals surface area contributed by atoms with Gasteiger partial charge in [0.05, 0.1) is 0 Å². The van der Waals surface area contributed by atoms with Crippen LogP contribution in [0, 0.1) is 0 Å². The van der Waals surface area contributed by atoms with Gasteiger partial charge in [-0.3, -0.25) is 4.98 Å². The van der Waals surface area contributed by atoms with Crippen LogP contribution < -0.4 is 5.32 Å². The molecule has 0 saturated carbocycles. The van der Waals surface area contributed by atoms with Crippen LogP contribution in [0.25, 0.3) is 0 Å². The highest BCUT2D eigenvalue weighted by Gasteiger charge is 2.29. The summed E-state index contributed by atoms with van der Waals surface area (Å²) in [5, 5.41) is 3.49. The van der Waals surface area contributed by atoms with Gasteiger partial charge in [-0.25, -0.2) is 4.79 Å². The number of ether oxygens (including phenoxy) is 1.